The Morgan fingerprint density at radius 3 is 2.60 bits per heavy atom. The topological polar surface area (TPSA) is 12.5 Å². The van der Waals surface area contributed by atoms with Gasteiger partial charge in [-0.1, -0.05) is 6.42 Å². The summed E-state index contributed by atoms with van der Waals surface area (Å²) in [5.74, 6) is 0. The number of ether oxygens (including phenoxy) is 1. The quantitative estimate of drug-likeness (QED) is 0.645. The SMILES string of the molecule is C(=CCN1CCOCC1)=C1CCCCC1. The molecule has 0 N–H and O–H groups in total. The van der Waals surface area contributed by atoms with Crippen LogP contribution in [0.15, 0.2) is 17.4 Å². The van der Waals surface area contributed by atoms with Crippen molar-refractivity contribution in [2.75, 3.05) is 32.8 Å². The van der Waals surface area contributed by atoms with Crippen LogP contribution in [0, 0.1) is 0 Å². The molecule has 0 amide bonds. The third kappa shape index (κ3) is 3.83. The number of nitrogens with zero attached hydrogens (tertiary/aromatic N) is 1. The average Bonchev–Trinajstić information content (AvgIpc) is 2.32. The zero-order valence-corrected chi connectivity index (χ0v) is 9.50. The molecular formula is C13H21NO. The van der Waals surface area contributed by atoms with Gasteiger partial charge in [-0.25, -0.2) is 0 Å². The first-order chi connectivity index (χ1) is 7.45. The average molecular weight is 207 g/mol. The minimum Gasteiger partial charge on any atom is -0.379 e. The maximum absolute atomic E-state index is 5.31. The second kappa shape index (κ2) is 6.12. The fraction of sp³-hybridized carbons (Fsp3) is 0.769. The molecule has 2 nitrogen and oxygen atoms in total. The highest BCUT2D eigenvalue weighted by atomic mass is 16.5. The van der Waals surface area contributed by atoms with Crippen LogP contribution in [0.3, 0.4) is 0 Å². The Labute approximate surface area is 92.6 Å². The molecule has 0 unspecified atom stereocenters. The Morgan fingerprint density at radius 2 is 1.87 bits per heavy atom. The van der Waals surface area contributed by atoms with Gasteiger partial charge in [0.15, 0.2) is 0 Å². The molecular weight excluding hydrogens is 186 g/mol. The van der Waals surface area contributed by atoms with E-state index in [0.29, 0.717) is 0 Å². The van der Waals surface area contributed by atoms with Gasteiger partial charge in [-0.05, 0) is 37.3 Å². The van der Waals surface area contributed by atoms with E-state index in [9.17, 15) is 0 Å². The van der Waals surface area contributed by atoms with E-state index in [-0.39, 0.29) is 0 Å². The summed E-state index contributed by atoms with van der Waals surface area (Å²) >= 11 is 0. The molecule has 0 aromatic rings. The van der Waals surface area contributed by atoms with E-state index >= 15 is 0 Å². The highest BCUT2D eigenvalue weighted by Crippen LogP contribution is 2.21. The molecule has 0 bridgehead atoms. The summed E-state index contributed by atoms with van der Waals surface area (Å²) < 4.78 is 5.31. The second-order valence-corrected chi connectivity index (χ2v) is 4.43. The summed E-state index contributed by atoms with van der Waals surface area (Å²) in [5.41, 5.74) is 5.01. The number of morpholine rings is 1. The lowest BCUT2D eigenvalue weighted by Gasteiger charge is -2.24. The molecule has 0 atom stereocenters. The number of hydrogen-bond acceptors (Lipinski definition) is 2. The Balaban J connectivity index is 1.77. The lowest BCUT2D eigenvalue weighted by Crippen LogP contribution is -2.36. The molecule has 2 aliphatic rings. The third-order valence-corrected chi connectivity index (χ3v) is 3.22. The molecule has 2 heteroatoms. The van der Waals surface area contributed by atoms with Crippen LogP contribution in [-0.2, 0) is 4.74 Å². The van der Waals surface area contributed by atoms with E-state index in [1.165, 1.54) is 37.7 Å². The van der Waals surface area contributed by atoms with Gasteiger partial charge in [0.1, 0.15) is 0 Å². The first-order valence-corrected chi connectivity index (χ1v) is 6.18. The van der Waals surface area contributed by atoms with Crippen molar-refractivity contribution in [3.05, 3.63) is 17.4 Å². The van der Waals surface area contributed by atoms with Gasteiger partial charge < -0.3 is 4.74 Å². The van der Waals surface area contributed by atoms with Gasteiger partial charge in [-0.3, -0.25) is 4.90 Å². The molecule has 1 aliphatic heterocycles. The molecule has 1 aliphatic carbocycles. The van der Waals surface area contributed by atoms with Crippen molar-refractivity contribution in [2.45, 2.75) is 32.1 Å². The van der Waals surface area contributed by atoms with Gasteiger partial charge >= 0.3 is 0 Å². The van der Waals surface area contributed by atoms with Gasteiger partial charge in [-0.15, -0.1) is 5.73 Å². The molecule has 1 saturated carbocycles. The first kappa shape index (κ1) is 10.9. The largest absolute Gasteiger partial charge is 0.379 e. The molecule has 84 valence electrons. The summed E-state index contributed by atoms with van der Waals surface area (Å²) in [7, 11) is 0. The van der Waals surface area contributed by atoms with E-state index in [0.717, 1.165) is 32.8 Å². The molecule has 0 radical (unpaired) electrons. The van der Waals surface area contributed by atoms with E-state index in [2.05, 4.69) is 16.7 Å². The summed E-state index contributed by atoms with van der Waals surface area (Å²) in [6.45, 7) is 4.99. The predicted octanol–water partition coefficient (Wildman–Crippen LogP) is 2.36. The molecule has 2 rings (SSSR count). The minimum atomic E-state index is 0.893. The highest BCUT2D eigenvalue weighted by Gasteiger charge is 2.08. The van der Waals surface area contributed by atoms with E-state index < -0.39 is 0 Å². The van der Waals surface area contributed by atoms with Crippen molar-refractivity contribution in [1.82, 2.24) is 4.90 Å². The van der Waals surface area contributed by atoms with Crippen LogP contribution < -0.4 is 0 Å². The molecule has 0 spiro atoms. The molecule has 0 aromatic heterocycles. The molecule has 2 fully saturated rings. The van der Waals surface area contributed by atoms with Crippen LogP contribution in [0.1, 0.15) is 32.1 Å². The lowest BCUT2D eigenvalue weighted by atomic mass is 9.96. The van der Waals surface area contributed by atoms with Crippen LogP contribution >= 0.6 is 0 Å². The summed E-state index contributed by atoms with van der Waals surface area (Å²) in [6, 6.07) is 0. The standard InChI is InChI=1S/C13H21NO/c1-2-5-13(6-3-1)7-4-8-14-9-11-15-12-10-14/h4H,1-3,5-6,8-12H2. The second-order valence-electron chi connectivity index (χ2n) is 4.43. The fourth-order valence-corrected chi connectivity index (χ4v) is 2.23. The Bertz CT molecular complexity index is 239. The first-order valence-electron chi connectivity index (χ1n) is 6.18. The normalized spacial score (nSPS) is 23.6. The van der Waals surface area contributed by atoms with Crippen molar-refractivity contribution < 1.29 is 4.74 Å². The zero-order chi connectivity index (χ0) is 10.3. The minimum absolute atomic E-state index is 0.893. The van der Waals surface area contributed by atoms with Crippen molar-refractivity contribution in [3.8, 4) is 0 Å². The van der Waals surface area contributed by atoms with Gasteiger partial charge in [0, 0.05) is 19.6 Å². The van der Waals surface area contributed by atoms with Crippen LogP contribution in [0.4, 0.5) is 0 Å². The van der Waals surface area contributed by atoms with E-state index in [4.69, 9.17) is 4.74 Å². The van der Waals surface area contributed by atoms with Crippen molar-refractivity contribution in [2.24, 2.45) is 0 Å². The van der Waals surface area contributed by atoms with E-state index in [1.807, 2.05) is 0 Å². The van der Waals surface area contributed by atoms with Crippen molar-refractivity contribution >= 4 is 0 Å². The number of rotatable bonds is 2. The van der Waals surface area contributed by atoms with Crippen LogP contribution in [0.25, 0.3) is 0 Å². The van der Waals surface area contributed by atoms with Crippen molar-refractivity contribution in [3.63, 3.8) is 0 Å². The molecule has 1 saturated heterocycles. The Kier molecular flexibility index (Phi) is 4.46. The highest BCUT2D eigenvalue weighted by molar-refractivity contribution is 5.04. The number of hydrogen-bond donors (Lipinski definition) is 0. The van der Waals surface area contributed by atoms with Crippen LogP contribution in [0.2, 0.25) is 0 Å². The third-order valence-electron chi connectivity index (χ3n) is 3.22. The molecule has 15 heavy (non-hydrogen) atoms. The Morgan fingerprint density at radius 1 is 1.13 bits per heavy atom. The van der Waals surface area contributed by atoms with Gasteiger partial charge in [0.25, 0.3) is 0 Å². The molecule has 0 aromatic carbocycles. The maximum atomic E-state index is 5.31. The summed E-state index contributed by atoms with van der Waals surface area (Å²) in [5, 5.41) is 0. The maximum Gasteiger partial charge on any atom is 0.0594 e. The lowest BCUT2D eigenvalue weighted by molar-refractivity contribution is 0.0434. The van der Waals surface area contributed by atoms with Gasteiger partial charge in [0.05, 0.1) is 13.2 Å². The monoisotopic (exact) mass is 207 g/mol. The van der Waals surface area contributed by atoms with Crippen molar-refractivity contribution in [1.29, 1.82) is 0 Å². The van der Waals surface area contributed by atoms with Gasteiger partial charge in [-0.2, -0.15) is 0 Å². The van der Waals surface area contributed by atoms with E-state index in [1.54, 1.807) is 0 Å². The van der Waals surface area contributed by atoms with Crippen LogP contribution in [-0.4, -0.2) is 37.7 Å². The zero-order valence-electron chi connectivity index (χ0n) is 9.50. The summed E-state index contributed by atoms with van der Waals surface area (Å²) in [6.07, 6.45) is 8.92. The Hall–Kier alpha value is -0.560. The smallest absolute Gasteiger partial charge is 0.0594 e. The molecule has 1 heterocycles. The predicted molar refractivity (Wildman–Crippen MR) is 61.9 cm³/mol. The van der Waals surface area contributed by atoms with Gasteiger partial charge in [0.2, 0.25) is 0 Å². The van der Waals surface area contributed by atoms with Crippen LogP contribution in [0.5, 0.6) is 0 Å². The fourth-order valence-electron chi connectivity index (χ4n) is 2.23. The summed E-state index contributed by atoms with van der Waals surface area (Å²) in [4.78, 5) is 2.43.